The third kappa shape index (κ3) is 4.83. The number of halogens is 5. The van der Waals surface area contributed by atoms with Crippen LogP contribution in [0.4, 0.5) is 28.9 Å². The first kappa shape index (κ1) is 20.4. The molecule has 26 heavy (non-hydrogen) atoms. The fourth-order valence-electron chi connectivity index (χ4n) is 1.92. The molecule has 0 aromatic heterocycles. The van der Waals surface area contributed by atoms with Crippen LogP contribution >= 0.6 is 22.6 Å². The molecular formula is C16H13F4IN2O3. The predicted octanol–water partition coefficient (Wildman–Crippen LogP) is 3.90. The Labute approximate surface area is 159 Å². The highest BCUT2D eigenvalue weighted by Crippen LogP contribution is 2.30. The van der Waals surface area contributed by atoms with E-state index in [1.807, 2.05) is 28.1 Å². The van der Waals surface area contributed by atoms with Gasteiger partial charge in [0.2, 0.25) is 0 Å². The normalized spacial score (nSPS) is 10.7. The summed E-state index contributed by atoms with van der Waals surface area (Å²) in [6.45, 7) is 0.133. The number of ether oxygens (including phenoxy) is 1. The van der Waals surface area contributed by atoms with Gasteiger partial charge in [0, 0.05) is 10.7 Å². The zero-order valence-corrected chi connectivity index (χ0v) is 15.5. The van der Waals surface area contributed by atoms with Gasteiger partial charge in [-0.1, -0.05) is 0 Å². The van der Waals surface area contributed by atoms with Crippen LogP contribution in [0.3, 0.4) is 0 Å². The van der Waals surface area contributed by atoms with Gasteiger partial charge in [-0.3, -0.25) is 9.63 Å². The van der Waals surface area contributed by atoms with E-state index in [0.29, 0.717) is 9.64 Å². The van der Waals surface area contributed by atoms with Crippen molar-refractivity contribution >= 4 is 39.9 Å². The molecule has 5 nitrogen and oxygen atoms in total. The second-order valence-electron chi connectivity index (χ2n) is 4.93. The van der Waals surface area contributed by atoms with Crippen molar-refractivity contribution in [3.05, 3.63) is 56.7 Å². The first-order valence-electron chi connectivity index (χ1n) is 7.15. The molecule has 0 aliphatic carbocycles. The summed E-state index contributed by atoms with van der Waals surface area (Å²) in [5.74, 6) is -6.84. The van der Waals surface area contributed by atoms with Gasteiger partial charge < -0.3 is 10.1 Å². The van der Waals surface area contributed by atoms with E-state index in [-0.39, 0.29) is 18.9 Å². The molecule has 2 aromatic carbocycles. The molecule has 0 bridgehead atoms. The molecule has 0 fully saturated rings. The molecule has 2 N–H and O–H groups in total. The molecule has 2 aromatic rings. The Morgan fingerprint density at radius 3 is 2.46 bits per heavy atom. The molecule has 0 radical (unpaired) electrons. The highest BCUT2D eigenvalue weighted by Gasteiger charge is 2.24. The number of carbonyl (C=O) groups is 1. The summed E-state index contributed by atoms with van der Waals surface area (Å²) in [7, 11) is 1.41. The van der Waals surface area contributed by atoms with Gasteiger partial charge in [0.05, 0.1) is 30.2 Å². The lowest BCUT2D eigenvalue weighted by Crippen LogP contribution is -2.27. The van der Waals surface area contributed by atoms with E-state index in [9.17, 15) is 22.4 Å². The Kier molecular flexibility index (Phi) is 7.17. The van der Waals surface area contributed by atoms with E-state index < -0.39 is 40.4 Å². The molecule has 0 aliphatic rings. The van der Waals surface area contributed by atoms with Crippen molar-refractivity contribution in [2.24, 2.45) is 0 Å². The smallest absolute Gasteiger partial charge is 0.277 e. The minimum absolute atomic E-state index is 0.0249. The van der Waals surface area contributed by atoms with E-state index in [2.05, 4.69) is 5.32 Å². The van der Waals surface area contributed by atoms with E-state index in [1.54, 1.807) is 0 Å². The average Bonchev–Trinajstić information content (AvgIpc) is 2.60. The molecule has 140 valence electrons. The molecule has 0 heterocycles. The monoisotopic (exact) mass is 484 g/mol. The molecule has 0 aliphatic heterocycles. The van der Waals surface area contributed by atoms with Crippen LogP contribution in [0, 0.1) is 26.8 Å². The fourth-order valence-corrected chi connectivity index (χ4v) is 2.37. The zero-order valence-electron chi connectivity index (χ0n) is 13.3. The Hall–Kier alpha value is -1.92. The summed E-state index contributed by atoms with van der Waals surface area (Å²) in [6.07, 6.45) is 0. The van der Waals surface area contributed by atoms with Crippen LogP contribution < -0.4 is 10.8 Å². The quantitative estimate of drug-likeness (QED) is 0.206. The van der Waals surface area contributed by atoms with Gasteiger partial charge >= 0.3 is 0 Å². The number of amides is 1. The molecule has 10 heteroatoms. The van der Waals surface area contributed by atoms with Crippen molar-refractivity contribution in [2.75, 3.05) is 25.6 Å². The number of hydrogen-bond acceptors (Lipinski definition) is 4. The Balaban J connectivity index is 2.36. The van der Waals surface area contributed by atoms with Gasteiger partial charge in [0.25, 0.3) is 5.91 Å². The van der Waals surface area contributed by atoms with Gasteiger partial charge in [-0.25, -0.2) is 23.0 Å². The highest BCUT2D eigenvalue weighted by atomic mass is 127. The number of carbonyl (C=O) groups excluding carboxylic acids is 1. The third-order valence-electron chi connectivity index (χ3n) is 3.15. The second-order valence-corrected chi connectivity index (χ2v) is 6.18. The van der Waals surface area contributed by atoms with Gasteiger partial charge in [0.15, 0.2) is 17.5 Å². The Morgan fingerprint density at radius 2 is 1.81 bits per heavy atom. The Bertz CT molecular complexity index is 821. The third-order valence-corrected chi connectivity index (χ3v) is 3.82. The largest absolute Gasteiger partial charge is 0.382 e. The minimum Gasteiger partial charge on any atom is -0.382 e. The summed E-state index contributed by atoms with van der Waals surface area (Å²) in [5, 5.41) is 2.29. The lowest BCUT2D eigenvalue weighted by Gasteiger charge is -2.15. The van der Waals surface area contributed by atoms with Crippen molar-refractivity contribution in [1.82, 2.24) is 5.48 Å². The van der Waals surface area contributed by atoms with Crippen molar-refractivity contribution in [2.45, 2.75) is 0 Å². The molecule has 0 spiro atoms. The van der Waals surface area contributed by atoms with Crippen molar-refractivity contribution in [3.8, 4) is 0 Å². The first-order chi connectivity index (χ1) is 12.3. The molecule has 0 saturated carbocycles. The molecule has 1 amide bonds. The lowest BCUT2D eigenvalue weighted by atomic mass is 10.1. The van der Waals surface area contributed by atoms with E-state index in [4.69, 9.17) is 9.57 Å². The summed E-state index contributed by atoms with van der Waals surface area (Å²) in [4.78, 5) is 16.9. The maximum Gasteiger partial charge on any atom is 0.277 e. The van der Waals surface area contributed by atoms with Crippen LogP contribution in [0.25, 0.3) is 0 Å². The number of hydroxylamine groups is 1. The molecule has 0 saturated heterocycles. The number of benzene rings is 2. The van der Waals surface area contributed by atoms with Crippen molar-refractivity contribution < 1.29 is 31.9 Å². The number of rotatable bonds is 7. The number of hydrogen-bond donors (Lipinski definition) is 2. The first-order valence-corrected chi connectivity index (χ1v) is 8.23. The molecule has 0 atom stereocenters. The van der Waals surface area contributed by atoms with Gasteiger partial charge in [-0.05, 0) is 46.9 Å². The van der Waals surface area contributed by atoms with Gasteiger partial charge in [-0.2, -0.15) is 0 Å². The van der Waals surface area contributed by atoms with Crippen LogP contribution in [0.15, 0.2) is 24.3 Å². The zero-order chi connectivity index (χ0) is 19.3. The van der Waals surface area contributed by atoms with Crippen LogP contribution in [0.5, 0.6) is 0 Å². The predicted molar refractivity (Wildman–Crippen MR) is 94.0 cm³/mol. The van der Waals surface area contributed by atoms with Gasteiger partial charge in [-0.15, -0.1) is 0 Å². The SMILES string of the molecule is COCCONC(=O)c1cc(F)c(F)c(F)c1Nc1ccc(I)cc1F. The number of nitrogens with one attached hydrogen (secondary N) is 2. The van der Waals surface area contributed by atoms with Crippen LogP contribution in [0.2, 0.25) is 0 Å². The summed E-state index contributed by atoms with van der Waals surface area (Å²) in [5.41, 5.74) is 0.405. The molecule has 0 unspecified atom stereocenters. The maximum atomic E-state index is 14.2. The van der Waals surface area contributed by atoms with Crippen LogP contribution in [-0.4, -0.2) is 26.2 Å². The van der Waals surface area contributed by atoms with Crippen molar-refractivity contribution in [1.29, 1.82) is 0 Å². The Morgan fingerprint density at radius 1 is 1.08 bits per heavy atom. The van der Waals surface area contributed by atoms with E-state index in [0.717, 1.165) is 6.07 Å². The summed E-state index contributed by atoms with van der Waals surface area (Å²) < 4.78 is 60.6. The van der Waals surface area contributed by atoms with Gasteiger partial charge in [0.1, 0.15) is 5.82 Å². The number of anilines is 2. The topological polar surface area (TPSA) is 59.6 Å². The number of methoxy groups -OCH3 is 1. The van der Waals surface area contributed by atoms with Crippen molar-refractivity contribution in [3.63, 3.8) is 0 Å². The average molecular weight is 484 g/mol. The molecular weight excluding hydrogens is 471 g/mol. The summed E-state index contributed by atoms with van der Waals surface area (Å²) >= 11 is 1.87. The lowest BCUT2D eigenvalue weighted by molar-refractivity contribution is 0.00889. The van der Waals surface area contributed by atoms with Crippen LogP contribution in [-0.2, 0) is 9.57 Å². The van der Waals surface area contributed by atoms with E-state index in [1.165, 1.54) is 19.2 Å². The fraction of sp³-hybridized carbons (Fsp3) is 0.188. The molecule has 2 rings (SSSR count). The van der Waals surface area contributed by atoms with E-state index >= 15 is 0 Å². The second kappa shape index (κ2) is 9.14. The highest BCUT2D eigenvalue weighted by molar-refractivity contribution is 14.1. The maximum absolute atomic E-state index is 14.2. The standard InChI is InChI=1S/C16H13F4IN2O3/c1-25-4-5-26-23-16(24)9-7-11(18)13(19)14(20)15(9)22-12-3-2-8(21)6-10(12)17/h2-3,6-7,22H,4-5H2,1H3,(H,23,24). The minimum atomic E-state index is -1.80. The van der Waals surface area contributed by atoms with Crippen LogP contribution in [0.1, 0.15) is 10.4 Å². The summed E-state index contributed by atoms with van der Waals surface area (Å²) in [6, 6.07) is 4.42.